The number of rotatable bonds is 7. The molecule has 5 unspecified atom stereocenters. The summed E-state index contributed by atoms with van der Waals surface area (Å²) in [7, 11) is 0. The van der Waals surface area contributed by atoms with E-state index in [1.807, 2.05) is 12.3 Å². The van der Waals surface area contributed by atoms with Crippen LogP contribution in [-0.4, -0.2) is 62.5 Å². The van der Waals surface area contributed by atoms with Gasteiger partial charge in [0.25, 0.3) is 0 Å². The van der Waals surface area contributed by atoms with E-state index >= 15 is 4.39 Å². The van der Waals surface area contributed by atoms with Gasteiger partial charge in [-0.1, -0.05) is 19.1 Å². The molecule has 2 aromatic rings. The number of benzene rings is 1. The monoisotopic (exact) mass is 509 g/mol. The largest absolute Gasteiger partial charge is 0.508 e. The zero-order chi connectivity index (χ0) is 25.6. The lowest BCUT2D eigenvalue weighted by Crippen LogP contribution is -2.45. The number of alkyl halides is 1. The van der Waals surface area contributed by atoms with Crippen LogP contribution in [0, 0.1) is 5.92 Å². The van der Waals surface area contributed by atoms with E-state index in [9.17, 15) is 10.2 Å². The van der Waals surface area contributed by atoms with E-state index in [4.69, 9.17) is 4.98 Å². The van der Waals surface area contributed by atoms with Crippen molar-refractivity contribution < 1.29 is 14.6 Å². The second-order valence-electron chi connectivity index (χ2n) is 11.6. The van der Waals surface area contributed by atoms with Crippen LogP contribution < -0.4 is 10.9 Å². The van der Waals surface area contributed by atoms with Gasteiger partial charge in [-0.05, 0) is 80.2 Å². The summed E-state index contributed by atoms with van der Waals surface area (Å²) in [4.78, 5) is 10.7. The topological polar surface area (TPSA) is 96.4 Å². The number of phenols is 1. The summed E-state index contributed by atoms with van der Waals surface area (Å²) in [6.45, 7) is 4.89. The molecule has 3 fully saturated rings. The second-order valence-corrected chi connectivity index (χ2v) is 11.6. The first kappa shape index (κ1) is 25.0. The van der Waals surface area contributed by atoms with Crippen LogP contribution in [0.3, 0.4) is 0 Å². The maximum atomic E-state index is 15.9. The van der Waals surface area contributed by atoms with Crippen LogP contribution in [0.2, 0.25) is 0 Å². The quantitative estimate of drug-likeness (QED) is 0.385. The highest BCUT2D eigenvalue weighted by Crippen LogP contribution is 2.45. The van der Waals surface area contributed by atoms with Crippen LogP contribution in [0.5, 0.6) is 5.75 Å². The lowest BCUT2D eigenvalue weighted by molar-refractivity contribution is -0.0458. The summed E-state index contributed by atoms with van der Waals surface area (Å²) in [5.74, 6) is 1.07. The summed E-state index contributed by atoms with van der Waals surface area (Å²) in [5.41, 5.74) is 10.6. The number of aromatic amines is 1. The molecule has 5 atom stereocenters. The minimum Gasteiger partial charge on any atom is -0.508 e. The van der Waals surface area contributed by atoms with Crippen LogP contribution in [-0.2, 0) is 6.42 Å². The van der Waals surface area contributed by atoms with Crippen LogP contribution >= 0.6 is 0 Å². The number of nitrogens with zero attached hydrogens (tertiary/aromatic N) is 2. The molecule has 1 saturated heterocycles. The predicted octanol–water partition coefficient (Wildman–Crippen LogP) is 4.12. The Labute approximate surface area is 218 Å². The smallest absolute Gasteiger partial charge is 0.125 e. The number of hydrogen-bond donors (Lipinski definition) is 5. The SMILES string of the molecule is CCc1cc(O)ccc1C1CCC2C(c3ncc(C4=CCN(CCC5(O)CCC5)CC4)[nH]3)NNC2C1F. The van der Waals surface area contributed by atoms with Crippen molar-refractivity contribution in [2.24, 2.45) is 5.92 Å². The number of H-pyrrole nitrogens is 1. The summed E-state index contributed by atoms with van der Waals surface area (Å²) >= 11 is 0. The number of halogens is 1. The molecular formula is C29H40FN5O2. The average molecular weight is 510 g/mol. The minimum atomic E-state index is -1.01. The Kier molecular flexibility index (Phi) is 6.86. The Morgan fingerprint density at radius 3 is 2.81 bits per heavy atom. The van der Waals surface area contributed by atoms with E-state index < -0.39 is 11.8 Å². The van der Waals surface area contributed by atoms with Crippen molar-refractivity contribution in [3.8, 4) is 5.75 Å². The Morgan fingerprint density at radius 1 is 1.22 bits per heavy atom. The molecule has 2 saturated carbocycles. The standard InChI is InChI=1S/C29H40FN5O2/c1-2-18-16-20(36)4-5-21(18)22-6-7-23-26(25(22)30)33-34-27(23)28-31-17-24(32-28)19-8-13-35(14-9-19)15-12-29(37)10-3-11-29/h4-5,8,16-17,22-23,25-27,33-34,36-37H,2-3,6-7,9-15H2,1H3,(H,31,32). The number of aryl methyl sites for hydroxylation is 1. The van der Waals surface area contributed by atoms with Crippen molar-refractivity contribution >= 4 is 5.57 Å². The van der Waals surface area contributed by atoms with E-state index in [1.54, 1.807) is 12.1 Å². The van der Waals surface area contributed by atoms with Gasteiger partial charge in [0.15, 0.2) is 0 Å². The van der Waals surface area contributed by atoms with Gasteiger partial charge in [-0.3, -0.25) is 10.3 Å². The molecule has 0 radical (unpaired) electrons. The molecule has 7 nitrogen and oxygen atoms in total. The number of aromatic nitrogens is 2. The summed E-state index contributed by atoms with van der Waals surface area (Å²) < 4.78 is 15.9. The highest BCUT2D eigenvalue weighted by molar-refractivity contribution is 5.63. The fraction of sp³-hybridized carbons (Fsp3) is 0.621. The van der Waals surface area contributed by atoms with E-state index in [1.165, 1.54) is 5.57 Å². The van der Waals surface area contributed by atoms with Crippen molar-refractivity contribution in [3.63, 3.8) is 0 Å². The van der Waals surface area contributed by atoms with Crippen molar-refractivity contribution in [1.82, 2.24) is 25.7 Å². The number of hydrogen-bond acceptors (Lipinski definition) is 6. The highest BCUT2D eigenvalue weighted by Gasteiger charge is 2.48. The lowest BCUT2D eigenvalue weighted by atomic mass is 9.71. The van der Waals surface area contributed by atoms with Crippen LogP contribution in [0.4, 0.5) is 4.39 Å². The Bertz CT molecular complexity index is 1150. The first-order chi connectivity index (χ1) is 17.9. The molecule has 0 bridgehead atoms. The summed E-state index contributed by atoms with van der Waals surface area (Å²) in [6, 6.07) is 5.03. The van der Waals surface area contributed by atoms with E-state index in [2.05, 4.69) is 33.7 Å². The Hall–Kier alpha value is -2.26. The summed E-state index contributed by atoms with van der Waals surface area (Å²) in [5, 5.41) is 20.3. The summed E-state index contributed by atoms with van der Waals surface area (Å²) in [6.07, 6.45) is 10.5. The molecule has 2 aliphatic heterocycles. The lowest BCUT2D eigenvalue weighted by Gasteiger charge is -2.38. The van der Waals surface area contributed by atoms with Gasteiger partial charge in [-0.25, -0.2) is 14.8 Å². The minimum absolute atomic E-state index is 0.0488. The number of hydrazine groups is 1. The molecule has 8 heteroatoms. The molecule has 5 N–H and O–H groups in total. The highest BCUT2D eigenvalue weighted by atomic mass is 19.1. The molecule has 37 heavy (non-hydrogen) atoms. The van der Waals surface area contributed by atoms with Gasteiger partial charge in [0.05, 0.1) is 29.6 Å². The molecule has 0 spiro atoms. The van der Waals surface area contributed by atoms with Crippen molar-refractivity contribution in [2.45, 2.75) is 88.1 Å². The van der Waals surface area contributed by atoms with Crippen LogP contribution in [0.1, 0.15) is 86.5 Å². The Morgan fingerprint density at radius 2 is 2.08 bits per heavy atom. The van der Waals surface area contributed by atoms with Gasteiger partial charge >= 0.3 is 0 Å². The number of imidazole rings is 1. The zero-order valence-electron chi connectivity index (χ0n) is 21.7. The fourth-order valence-electron chi connectivity index (χ4n) is 6.93. The Balaban J connectivity index is 1.09. The van der Waals surface area contributed by atoms with Crippen molar-refractivity contribution in [1.29, 1.82) is 0 Å². The van der Waals surface area contributed by atoms with Crippen molar-refractivity contribution in [3.05, 3.63) is 53.1 Å². The van der Waals surface area contributed by atoms with Gasteiger partial charge in [0.2, 0.25) is 0 Å². The van der Waals surface area contributed by atoms with Gasteiger partial charge in [0, 0.05) is 31.5 Å². The fourth-order valence-corrected chi connectivity index (χ4v) is 6.93. The molecule has 2 aliphatic carbocycles. The third kappa shape index (κ3) is 4.85. The number of aromatic hydroxyl groups is 1. The normalized spacial score (nSPS) is 31.5. The molecule has 6 rings (SSSR count). The maximum absolute atomic E-state index is 15.9. The third-order valence-corrected chi connectivity index (χ3v) is 9.45. The van der Waals surface area contributed by atoms with Gasteiger partial charge in [-0.15, -0.1) is 0 Å². The zero-order valence-corrected chi connectivity index (χ0v) is 21.7. The second kappa shape index (κ2) is 10.1. The molecule has 4 aliphatic rings. The van der Waals surface area contributed by atoms with E-state index in [-0.39, 0.29) is 29.7 Å². The molecule has 1 aromatic heterocycles. The van der Waals surface area contributed by atoms with Gasteiger partial charge in [0.1, 0.15) is 17.7 Å². The number of fused-ring (bicyclic) bond motifs is 1. The molecular weight excluding hydrogens is 469 g/mol. The molecule has 1 aromatic carbocycles. The van der Waals surface area contributed by atoms with E-state index in [0.717, 1.165) is 93.6 Å². The predicted molar refractivity (Wildman–Crippen MR) is 142 cm³/mol. The molecule has 3 heterocycles. The average Bonchev–Trinajstić information content (AvgIpc) is 3.55. The van der Waals surface area contributed by atoms with E-state index in [0.29, 0.717) is 0 Å². The molecule has 200 valence electrons. The maximum Gasteiger partial charge on any atom is 0.125 e. The number of nitrogens with one attached hydrogen (secondary N) is 3. The first-order valence-corrected chi connectivity index (χ1v) is 14.1. The van der Waals surface area contributed by atoms with Crippen molar-refractivity contribution in [2.75, 3.05) is 19.6 Å². The first-order valence-electron chi connectivity index (χ1n) is 14.1. The number of phenolic OH excluding ortho intramolecular Hbond substituents is 1. The van der Waals surface area contributed by atoms with Gasteiger partial charge in [-0.2, -0.15) is 0 Å². The molecule has 0 amide bonds. The van der Waals surface area contributed by atoms with Crippen LogP contribution in [0.25, 0.3) is 5.57 Å². The third-order valence-electron chi connectivity index (χ3n) is 9.45. The number of aliphatic hydroxyl groups is 1. The van der Waals surface area contributed by atoms with Gasteiger partial charge < -0.3 is 15.2 Å². The van der Waals surface area contributed by atoms with Crippen LogP contribution in [0.15, 0.2) is 30.5 Å².